The number of halogens is 1. The zero-order valence-electron chi connectivity index (χ0n) is 14.5. The molecule has 0 saturated carbocycles. The Hall–Kier alpha value is -2.35. The van der Waals surface area contributed by atoms with Crippen molar-refractivity contribution >= 4 is 17.5 Å². The van der Waals surface area contributed by atoms with Crippen LogP contribution in [0.15, 0.2) is 48.5 Å². The van der Waals surface area contributed by atoms with Crippen molar-refractivity contribution in [3.63, 3.8) is 0 Å². The van der Waals surface area contributed by atoms with Crippen LogP contribution in [0, 0.1) is 11.3 Å². The highest BCUT2D eigenvalue weighted by Gasteiger charge is 2.22. The lowest BCUT2D eigenvalue weighted by atomic mass is 10.00. The van der Waals surface area contributed by atoms with Gasteiger partial charge in [0.1, 0.15) is 6.04 Å². The van der Waals surface area contributed by atoms with Gasteiger partial charge in [0.05, 0.1) is 12.1 Å². The molecule has 1 amide bonds. The van der Waals surface area contributed by atoms with Crippen molar-refractivity contribution in [2.45, 2.75) is 37.8 Å². The van der Waals surface area contributed by atoms with Gasteiger partial charge >= 0.3 is 0 Å². The van der Waals surface area contributed by atoms with Gasteiger partial charge in [0, 0.05) is 11.4 Å². The zero-order valence-corrected chi connectivity index (χ0v) is 15.3. The molecule has 0 aliphatic carbocycles. The van der Waals surface area contributed by atoms with Gasteiger partial charge in [0.25, 0.3) is 0 Å². The molecule has 134 valence electrons. The van der Waals surface area contributed by atoms with E-state index in [9.17, 15) is 10.1 Å². The van der Waals surface area contributed by atoms with E-state index in [1.807, 2.05) is 48.5 Å². The molecule has 0 spiro atoms. The maximum absolute atomic E-state index is 12.3. The van der Waals surface area contributed by atoms with E-state index < -0.39 is 6.04 Å². The molecule has 0 aromatic heterocycles. The van der Waals surface area contributed by atoms with Crippen molar-refractivity contribution in [3.05, 3.63) is 59.1 Å². The van der Waals surface area contributed by atoms with E-state index in [4.69, 9.17) is 11.6 Å². The van der Waals surface area contributed by atoms with Crippen LogP contribution in [0.25, 0.3) is 11.1 Å². The number of amides is 1. The molecular formula is C21H22ClN3O. The molecule has 26 heavy (non-hydrogen) atoms. The van der Waals surface area contributed by atoms with Gasteiger partial charge in [0.2, 0.25) is 5.91 Å². The number of rotatable bonds is 5. The quantitative estimate of drug-likeness (QED) is 0.846. The molecule has 1 fully saturated rings. The summed E-state index contributed by atoms with van der Waals surface area (Å²) in [4.78, 5) is 12.3. The van der Waals surface area contributed by atoms with Gasteiger partial charge in [-0.25, -0.2) is 0 Å². The van der Waals surface area contributed by atoms with Crippen LogP contribution in [0.2, 0.25) is 5.02 Å². The van der Waals surface area contributed by atoms with Crippen LogP contribution in [-0.2, 0) is 11.2 Å². The fourth-order valence-electron chi connectivity index (χ4n) is 3.21. The maximum Gasteiger partial charge on any atom is 0.238 e. The average molecular weight is 368 g/mol. The summed E-state index contributed by atoms with van der Waals surface area (Å²) >= 11 is 6.04. The molecule has 5 heteroatoms. The van der Waals surface area contributed by atoms with Gasteiger partial charge in [-0.15, -0.1) is 0 Å². The molecule has 2 atom stereocenters. The third kappa shape index (κ3) is 4.85. The fourth-order valence-corrected chi connectivity index (χ4v) is 3.40. The number of benzene rings is 2. The number of hydrogen-bond acceptors (Lipinski definition) is 3. The molecule has 1 heterocycles. The smallest absolute Gasteiger partial charge is 0.238 e. The van der Waals surface area contributed by atoms with Gasteiger partial charge in [-0.1, -0.05) is 54.4 Å². The Morgan fingerprint density at radius 2 is 2.04 bits per heavy atom. The van der Waals surface area contributed by atoms with Gasteiger partial charge < -0.3 is 10.6 Å². The minimum Gasteiger partial charge on any atom is -0.339 e. The van der Waals surface area contributed by atoms with Gasteiger partial charge in [-0.2, -0.15) is 5.26 Å². The highest BCUT2D eigenvalue weighted by Crippen LogP contribution is 2.23. The number of nitrogens with zero attached hydrogens (tertiary/aromatic N) is 1. The largest absolute Gasteiger partial charge is 0.339 e. The number of piperidine rings is 1. The lowest BCUT2D eigenvalue weighted by Gasteiger charge is -2.23. The first kappa shape index (κ1) is 18.4. The summed E-state index contributed by atoms with van der Waals surface area (Å²) in [5.74, 6) is -0.0770. The van der Waals surface area contributed by atoms with Crippen LogP contribution in [0.1, 0.15) is 24.8 Å². The third-order valence-electron chi connectivity index (χ3n) is 4.65. The van der Waals surface area contributed by atoms with Crippen LogP contribution >= 0.6 is 11.6 Å². The summed E-state index contributed by atoms with van der Waals surface area (Å²) in [6, 6.07) is 17.2. The molecule has 1 aliphatic heterocycles. The minimum atomic E-state index is -0.525. The Kier molecular flexibility index (Phi) is 6.27. The van der Waals surface area contributed by atoms with E-state index in [1.54, 1.807) is 0 Å². The van der Waals surface area contributed by atoms with Crippen molar-refractivity contribution in [2.24, 2.45) is 0 Å². The van der Waals surface area contributed by atoms with E-state index in [0.717, 1.165) is 42.5 Å². The number of carbonyl (C=O) groups excluding carboxylic acids is 1. The molecule has 2 N–H and O–H groups in total. The zero-order chi connectivity index (χ0) is 18.4. The van der Waals surface area contributed by atoms with Crippen molar-refractivity contribution in [1.29, 1.82) is 5.26 Å². The summed E-state index contributed by atoms with van der Waals surface area (Å²) in [5, 5.41) is 16.2. The standard InChI is InChI=1S/C21H22ClN3O/c22-18-5-3-4-17(13-18)16-9-7-15(8-10-16)12-19(14-23)25-21(26)20-6-1-2-11-24-20/h3-5,7-10,13,19-20,24H,1-2,6,11-12H2,(H,25,26)/t19-,20?/m0/s1. The summed E-state index contributed by atoms with van der Waals surface area (Å²) in [6.45, 7) is 0.861. The van der Waals surface area contributed by atoms with Gasteiger partial charge in [-0.3, -0.25) is 4.79 Å². The normalized spacial score (nSPS) is 17.9. The minimum absolute atomic E-state index is 0.0770. The highest BCUT2D eigenvalue weighted by molar-refractivity contribution is 6.30. The van der Waals surface area contributed by atoms with E-state index in [1.165, 1.54) is 0 Å². The average Bonchev–Trinajstić information content (AvgIpc) is 2.68. The predicted molar refractivity (Wildman–Crippen MR) is 104 cm³/mol. The predicted octanol–water partition coefficient (Wildman–Crippen LogP) is 3.70. The first-order valence-corrected chi connectivity index (χ1v) is 9.32. The van der Waals surface area contributed by atoms with Gasteiger partial charge in [0.15, 0.2) is 0 Å². The molecule has 1 unspecified atom stereocenters. The Bertz CT molecular complexity index is 792. The lowest BCUT2D eigenvalue weighted by molar-refractivity contribution is -0.124. The Labute approximate surface area is 159 Å². The van der Waals surface area contributed by atoms with Crippen LogP contribution < -0.4 is 10.6 Å². The fraction of sp³-hybridized carbons (Fsp3) is 0.333. The van der Waals surface area contributed by atoms with Crippen molar-refractivity contribution in [2.75, 3.05) is 6.54 Å². The maximum atomic E-state index is 12.3. The van der Waals surface area contributed by atoms with Crippen molar-refractivity contribution in [1.82, 2.24) is 10.6 Å². The first-order valence-electron chi connectivity index (χ1n) is 8.94. The molecule has 1 aliphatic rings. The topological polar surface area (TPSA) is 64.9 Å². The molecule has 4 nitrogen and oxygen atoms in total. The van der Waals surface area contributed by atoms with E-state index in [0.29, 0.717) is 11.4 Å². The second-order valence-electron chi connectivity index (χ2n) is 6.60. The van der Waals surface area contributed by atoms with Gasteiger partial charge in [-0.05, 0) is 48.2 Å². The van der Waals surface area contributed by atoms with E-state index >= 15 is 0 Å². The summed E-state index contributed by atoms with van der Waals surface area (Å²) in [6.07, 6.45) is 3.47. The van der Waals surface area contributed by atoms with Crippen molar-refractivity contribution < 1.29 is 4.79 Å². The third-order valence-corrected chi connectivity index (χ3v) is 4.89. The Morgan fingerprint density at radius 3 is 2.69 bits per heavy atom. The second-order valence-corrected chi connectivity index (χ2v) is 7.04. The number of nitriles is 1. The summed E-state index contributed by atoms with van der Waals surface area (Å²) in [7, 11) is 0. The number of nitrogens with one attached hydrogen (secondary N) is 2. The van der Waals surface area contributed by atoms with Crippen LogP contribution in [0.4, 0.5) is 0 Å². The van der Waals surface area contributed by atoms with Crippen LogP contribution in [-0.4, -0.2) is 24.5 Å². The van der Waals surface area contributed by atoms with Crippen molar-refractivity contribution in [3.8, 4) is 17.2 Å². The number of carbonyl (C=O) groups is 1. The molecular weight excluding hydrogens is 346 g/mol. The number of hydrogen-bond donors (Lipinski definition) is 2. The Balaban J connectivity index is 1.61. The molecule has 0 radical (unpaired) electrons. The van der Waals surface area contributed by atoms with E-state index in [-0.39, 0.29) is 11.9 Å². The summed E-state index contributed by atoms with van der Waals surface area (Å²) in [5.41, 5.74) is 3.14. The molecule has 2 aromatic carbocycles. The SMILES string of the molecule is N#C[C@H](Cc1ccc(-c2cccc(Cl)c2)cc1)NC(=O)C1CCCCN1. The lowest BCUT2D eigenvalue weighted by Crippen LogP contribution is -2.49. The molecule has 3 rings (SSSR count). The summed E-state index contributed by atoms with van der Waals surface area (Å²) < 4.78 is 0. The molecule has 0 bridgehead atoms. The monoisotopic (exact) mass is 367 g/mol. The molecule has 1 saturated heterocycles. The van der Waals surface area contributed by atoms with E-state index in [2.05, 4.69) is 16.7 Å². The highest BCUT2D eigenvalue weighted by atomic mass is 35.5. The first-order chi connectivity index (χ1) is 12.7. The Morgan fingerprint density at radius 1 is 1.23 bits per heavy atom. The second kappa shape index (κ2) is 8.84. The van der Waals surface area contributed by atoms with Crippen LogP contribution in [0.5, 0.6) is 0 Å². The van der Waals surface area contributed by atoms with Crippen LogP contribution in [0.3, 0.4) is 0 Å². The molecule has 2 aromatic rings.